The topological polar surface area (TPSA) is 66.8 Å². The molecule has 0 aromatic heterocycles. The van der Waals surface area contributed by atoms with Crippen molar-refractivity contribution in [1.29, 1.82) is 0 Å². The van der Waals surface area contributed by atoms with Gasteiger partial charge < -0.3 is 14.7 Å². The number of amides is 1. The molecule has 0 aliphatic rings. The van der Waals surface area contributed by atoms with Gasteiger partial charge in [0.25, 0.3) is 0 Å². The molecular weight excluding hydrogens is 330 g/mol. The van der Waals surface area contributed by atoms with Crippen molar-refractivity contribution in [2.24, 2.45) is 0 Å². The number of carbonyl (C=O) groups is 2. The maximum Gasteiger partial charge on any atom is 0.335 e. The van der Waals surface area contributed by atoms with Gasteiger partial charge in [-0.25, -0.2) is 4.79 Å². The molecule has 1 unspecified atom stereocenters. The lowest BCUT2D eigenvalue weighted by Crippen LogP contribution is -2.33. The number of hydrogen-bond acceptors (Lipinski definition) is 3. The fraction of sp³-hybridized carbons (Fsp3) is 0.333. The minimum absolute atomic E-state index is 0.0445. The predicted octanol–water partition coefficient (Wildman–Crippen LogP) is 3.94. The summed E-state index contributed by atoms with van der Waals surface area (Å²) >= 11 is 0. The summed E-state index contributed by atoms with van der Waals surface area (Å²) in [6, 6.07) is 14.4. The van der Waals surface area contributed by atoms with Gasteiger partial charge in [-0.2, -0.15) is 0 Å². The van der Waals surface area contributed by atoms with E-state index >= 15 is 0 Å². The van der Waals surface area contributed by atoms with Gasteiger partial charge in [0, 0.05) is 13.0 Å². The lowest BCUT2D eigenvalue weighted by atomic mass is 10.0. The molecule has 0 aliphatic carbocycles. The molecule has 5 nitrogen and oxygen atoms in total. The third kappa shape index (κ3) is 4.85. The highest BCUT2D eigenvalue weighted by Crippen LogP contribution is 2.24. The number of carboxylic acids is 1. The van der Waals surface area contributed by atoms with Crippen molar-refractivity contribution in [3.63, 3.8) is 0 Å². The zero-order valence-electron chi connectivity index (χ0n) is 15.4. The summed E-state index contributed by atoms with van der Waals surface area (Å²) in [6.45, 7) is 4.60. The lowest BCUT2D eigenvalue weighted by molar-refractivity contribution is -0.133. The molecule has 1 amide bonds. The minimum atomic E-state index is -0.947. The van der Waals surface area contributed by atoms with E-state index in [1.54, 1.807) is 31.4 Å². The van der Waals surface area contributed by atoms with Crippen molar-refractivity contribution in [1.82, 2.24) is 4.90 Å². The second-order valence-electron chi connectivity index (χ2n) is 6.13. The maximum absolute atomic E-state index is 12.7. The highest BCUT2D eigenvalue weighted by molar-refractivity contribution is 5.87. The smallest absolute Gasteiger partial charge is 0.335 e. The number of carbonyl (C=O) groups excluding carboxylic acids is 1. The molecule has 0 bridgehead atoms. The number of benzene rings is 2. The Bertz CT molecular complexity index is 755. The van der Waals surface area contributed by atoms with E-state index in [0.29, 0.717) is 19.4 Å². The molecule has 0 spiro atoms. The van der Waals surface area contributed by atoms with Crippen LogP contribution in [0.1, 0.15) is 47.8 Å². The van der Waals surface area contributed by atoms with Crippen molar-refractivity contribution < 1.29 is 19.4 Å². The Balaban J connectivity index is 2.02. The van der Waals surface area contributed by atoms with Crippen LogP contribution in [-0.4, -0.2) is 35.5 Å². The van der Waals surface area contributed by atoms with E-state index in [9.17, 15) is 9.59 Å². The number of ether oxygens (including phenoxy) is 1. The Hall–Kier alpha value is -2.82. The highest BCUT2D eigenvalue weighted by Gasteiger charge is 2.20. The number of rotatable bonds is 8. The van der Waals surface area contributed by atoms with E-state index in [1.807, 2.05) is 43.0 Å². The fourth-order valence-electron chi connectivity index (χ4n) is 2.96. The first-order chi connectivity index (χ1) is 12.5. The van der Waals surface area contributed by atoms with Gasteiger partial charge >= 0.3 is 5.97 Å². The third-order valence-electron chi connectivity index (χ3n) is 4.53. The summed E-state index contributed by atoms with van der Waals surface area (Å²) in [7, 11) is 1.63. The van der Waals surface area contributed by atoms with Gasteiger partial charge in [0.05, 0.1) is 18.7 Å². The summed E-state index contributed by atoms with van der Waals surface area (Å²) in [6.07, 6.45) is 0.967. The number of methoxy groups -OCH3 is 1. The Morgan fingerprint density at radius 1 is 1.15 bits per heavy atom. The second kappa shape index (κ2) is 9.04. The van der Waals surface area contributed by atoms with Crippen molar-refractivity contribution in [3.8, 4) is 5.75 Å². The summed E-state index contributed by atoms with van der Waals surface area (Å²) in [5, 5.41) is 8.94. The van der Waals surface area contributed by atoms with Crippen LogP contribution in [0.3, 0.4) is 0 Å². The normalized spacial score (nSPS) is 11.7. The van der Waals surface area contributed by atoms with Gasteiger partial charge in [0.1, 0.15) is 5.75 Å². The van der Waals surface area contributed by atoms with Crippen LogP contribution in [0.5, 0.6) is 5.75 Å². The highest BCUT2D eigenvalue weighted by atomic mass is 16.5. The number of aryl methyl sites for hydroxylation is 1. The summed E-state index contributed by atoms with van der Waals surface area (Å²) in [5.41, 5.74) is 2.24. The van der Waals surface area contributed by atoms with Crippen molar-refractivity contribution in [2.45, 2.75) is 32.7 Å². The molecule has 1 N–H and O–H groups in total. The second-order valence-corrected chi connectivity index (χ2v) is 6.13. The van der Waals surface area contributed by atoms with Crippen LogP contribution in [0.15, 0.2) is 48.5 Å². The molecule has 0 saturated carbocycles. The first-order valence-electron chi connectivity index (χ1n) is 8.72. The van der Waals surface area contributed by atoms with Gasteiger partial charge in [-0.15, -0.1) is 0 Å². The number of hydrogen-bond donors (Lipinski definition) is 1. The zero-order valence-corrected chi connectivity index (χ0v) is 15.4. The quantitative estimate of drug-likeness (QED) is 0.779. The first-order valence-corrected chi connectivity index (χ1v) is 8.72. The van der Waals surface area contributed by atoms with E-state index in [4.69, 9.17) is 9.84 Å². The van der Waals surface area contributed by atoms with Gasteiger partial charge in [-0.3, -0.25) is 4.79 Å². The fourth-order valence-corrected chi connectivity index (χ4v) is 2.96. The van der Waals surface area contributed by atoms with E-state index < -0.39 is 5.97 Å². The maximum atomic E-state index is 12.7. The van der Waals surface area contributed by atoms with Gasteiger partial charge in [0.15, 0.2) is 0 Å². The largest absolute Gasteiger partial charge is 0.497 e. The van der Waals surface area contributed by atoms with E-state index in [1.165, 1.54) is 0 Å². The minimum Gasteiger partial charge on any atom is -0.497 e. The van der Waals surface area contributed by atoms with Gasteiger partial charge in [-0.05, 0) is 55.7 Å². The molecule has 5 heteroatoms. The Morgan fingerprint density at radius 2 is 1.85 bits per heavy atom. The number of aromatic carboxylic acids is 1. The zero-order chi connectivity index (χ0) is 19.1. The third-order valence-corrected chi connectivity index (χ3v) is 4.53. The van der Waals surface area contributed by atoms with Gasteiger partial charge in [-0.1, -0.05) is 24.3 Å². The molecule has 2 aromatic carbocycles. The van der Waals surface area contributed by atoms with E-state index in [2.05, 4.69) is 0 Å². The standard InChI is InChI=1S/C21H25NO4/c1-4-22(15(2)18-6-5-7-19(14-18)26-3)20(23)13-10-16-8-11-17(12-9-16)21(24)25/h5-9,11-12,14-15H,4,10,13H2,1-3H3,(H,24,25). The summed E-state index contributed by atoms with van der Waals surface area (Å²) in [4.78, 5) is 25.4. The molecule has 0 aliphatic heterocycles. The SMILES string of the molecule is CCN(C(=O)CCc1ccc(C(=O)O)cc1)C(C)c1cccc(OC)c1. The number of carboxylic acid groups (broad SMARTS) is 1. The molecule has 0 heterocycles. The average molecular weight is 355 g/mol. The van der Waals surface area contributed by atoms with E-state index in [-0.39, 0.29) is 17.5 Å². The average Bonchev–Trinajstić information content (AvgIpc) is 2.67. The molecule has 0 fully saturated rings. The lowest BCUT2D eigenvalue weighted by Gasteiger charge is -2.29. The van der Waals surface area contributed by atoms with Crippen LogP contribution in [0.4, 0.5) is 0 Å². The Kier molecular flexibility index (Phi) is 6.78. The molecule has 0 radical (unpaired) electrons. The van der Waals surface area contributed by atoms with Gasteiger partial charge in [0.2, 0.25) is 5.91 Å². The molecule has 26 heavy (non-hydrogen) atoms. The van der Waals surface area contributed by atoms with Crippen LogP contribution in [0.25, 0.3) is 0 Å². The van der Waals surface area contributed by atoms with Crippen molar-refractivity contribution >= 4 is 11.9 Å². The van der Waals surface area contributed by atoms with E-state index in [0.717, 1.165) is 16.9 Å². The van der Waals surface area contributed by atoms with Crippen LogP contribution in [0.2, 0.25) is 0 Å². The predicted molar refractivity (Wildman–Crippen MR) is 101 cm³/mol. The Morgan fingerprint density at radius 3 is 2.42 bits per heavy atom. The molecular formula is C21H25NO4. The van der Waals surface area contributed by atoms with Crippen LogP contribution < -0.4 is 4.74 Å². The molecule has 0 saturated heterocycles. The molecule has 1 atom stereocenters. The van der Waals surface area contributed by atoms with Crippen LogP contribution in [-0.2, 0) is 11.2 Å². The first kappa shape index (κ1) is 19.5. The van der Waals surface area contributed by atoms with Crippen LogP contribution in [0, 0.1) is 0 Å². The summed E-state index contributed by atoms with van der Waals surface area (Å²) in [5.74, 6) is -0.0987. The molecule has 2 rings (SSSR count). The van der Waals surface area contributed by atoms with Crippen LogP contribution >= 0.6 is 0 Å². The Labute approximate surface area is 154 Å². The van der Waals surface area contributed by atoms with Crippen molar-refractivity contribution in [3.05, 3.63) is 65.2 Å². The van der Waals surface area contributed by atoms with Crippen molar-refractivity contribution in [2.75, 3.05) is 13.7 Å². The summed E-state index contributed by atoms with van der Waals surface area (Å²) < 4.78 is 5.27. The molecule has 138 valence electrons. The molecule has 2 aromatic rings. The monoisotopic (exact) mass is 355 g/mol. The number of nitrogens with zero attached hydrogens (tertiary/aromatic N) is 1.